The molecule has 5 aliphatic heterocycles. The summed E-state index contributed by atoms with van der Waals surface area (Å²) >= 11 is 0. The molecule has 0 aliphatic carbocycles. The lowest BCUT2D eigenvalue weighted by atomic mass is 9.93. The van der Waals surface area contributed by atoms with Crippen LogP contribution in [0.4, 0.5) is 0 Å². The number of aliphatic hydroxyl groups is 18. The van der Waals surface area contributed by atoms with Crippen molar-refractivity contribution >= 4 is 11.8 Å². The molecule has 29 atom stereocenters. The van der Waals surface area contributed by atoms with Gasteiger partial charge in [0.15, 0.2) is 31.5 Å². The molecular weight excluding hydrogens is 988 g/mol. The Labute approximate surface area is 409 Å². The molecule has 20 N–H and O–H groups in total. The SMILES string of the molecule is CC(=O)N[C@H]1[C@H](O[C@@H]2[C@@H](O)[C@H](O[C@H]3[C@H](O[C@@H]4O[C@@H](C)[C@@H](O)[C@@H](O)[C@@H]4O)[C@@H](NC(C)=O)[C@H](O[C@@H]([C@@H](O)[C@H](O)CO)[C@@H](O)CO)O[C@@H]3CO)O[C@H](CO)[C@H]2O)O[C@H](CO)[C@@H](O[C@@H]2O[C@H](CO)[C@H](O)[C@H](O)[C@H]2O)[C@@H]1O. The van der Waals surface area contributed by atoms with Crippen molar-refractivity contribution in [3.63, 3.8) is 0 Å². The van der Waals surface area contributed by atoms with Crippen molar-refractivity contribution in [3.8, 4) is 0 Å². The van der Waals surface area contributed by atoms with Gasteiger partial charge in [0, 0.05) is 13.8 Å². The Kier molecular flexibility index (Phi) is 22.5. The van der Waals surface area contributed by atoms with E-state index in [9.17, 15) is 102 Å². The average Bonchev–Trinajstić information content (AvgIpc) is 3.35. The van der Waals surface area contributed by atoms with Crippen molar-refractivity contribution in [2.75, 3.05) is 39.6 Å². The zero-order chi connectivity index (χ0) is 53.6. The molecular formula is C40H70N2O30. The van der Waals surface area contributed by atoms with Crippen molar-refractivity contribution in [1.29, 1.82) is 0 Å². The fourth-order valence-corrected chi connectivity index (χ4v) is 8.86. The van der Waals surface area contributed by atoms with Crippen molar-refractivity contribution in [2.24, 2.45) is 0 Å². The van der Waals surface area contributed by atoms with Crippen LogP contribution in [0.15, 0.2) is 0 Å². The van der Waals surface area contributed by atoms with Crippen LogP contribution >= 0.6 is 0 Å². The largest absolute Gasteiger partial charge is 0.394 e. The van der Waals surface area contributed by atoms with Gasteiger partial charge in [0.2, 0.25) is 11.8 Å². The molecule has 5 saturated heterocycles. The van der Waals surface area contributed by atoms with E-state index < -0.39 is 229 Å². The molecule has 32 heteroatoms. The van der Waals surface area contributed by atoms with Gasteiger partial charge >= 0.3 is 0 Å². The Morgan fingerprint density at radius 3 is 1.42 bits per heavy atom. The maximum absolute atomic E-state index is 12.9. The van der Waals surface area contributed by atoms with Crippen molar-refractivity contribution in [3.05, 3.63) is 0 Å². The summed E-state index contributed by atoms with van der Waals surface area (Å²) < 4.78 is 58.4. The molecule has 0 unspecified atom stereocenters. The van der Waals surface area contributed by atoms with E-state index in [1.165, 1.54) is 6.92 Å². The standard InChI is InChI=1S/C40H70N2O30/c1-10-21(53)26(58)28(60)38(63-10)71-34-20(42-12(3)50)37(68-31(14(52)5-44)22(54)13(51)4-43)67-18(9-48)33(34)70-40-30(62)35(24(56)16(7-46)65-40)72-36-19(41-11(2)49)25(57)32(17(8-47)66-36)69-39-29(61)27(59)23(55)15(6-45)64-39/h10,13-40,43-48,51-62H,4-9H2,1-3H3,(H,41,49)(H,42,50)/t10-,13+,14-,15+,16+,17+,18+,19+,20+,21+,22-,23-,24+,25+,26+,27-,28-,29+,30+,31+,32+,33+,34+,35-,36-,37-,38-,39-,40-/m0/s1. The third-order valence-electron chi connectivity index (χ3n) is 12.8. The highest BCUT2D eigenvalue weighted by atomic mass is 16.8. The summed E-state index contributed by atoms with van der Waals surface area (Å²) in [5.74, 6) is -1.74. The molecule has 5 aliphatic rings. The highest BCUT2D eigenvalue weighted by Gasteiger charge is 2.58. The molecule has 0 aromatic heterocycles. The second-order valence-corrected chi connectivity index (χ2v) is 18.0. The lowest BCUT2D eigenvalue weighted by Gasteiger charge is -2.51. The van der Waals surface area contributed by atoms with E-state index >= 15 is 0 Å². The maximum Gasteiger partial charge on any atom is 0.217 e. The molecule has 5 rings (SSSR count). The van der Waals surface area contributed by atoms with E-state index in [0.29, 0.717) is 0 Å². The van der Waals surface area contributed by atoms with Gasteiger partial charge in [-0.25, -0.2) is 0 Å². The number of hydrogen-bond acceptors (Lipinski definition) is 30. The Balaban J connectivity index is 1.50. The predicted molar refractivity (Wildman–Crippen MR) is 223 cm³/mol. The fourth-order valence-electron chi connectivity index (χ4n) is 8.86. The van der Waals surface area contributed by atoms with Crippen molar-refractivity contribution in [2.45, 2.75) is 199 Å². The number of carbonyl (C=O) groups is 2. The summed E-state index contributed by atoms with van der Waals surface area (Å²) in [5, 5.41) is 195. The molecule has 0 aromatic carbocycles. The minimum absolute atomic E-state index is 0.845. The smallest absolute Gasteiger partial charge is 0.217 e. The third kappa shape index (κ3) is 13.5. The number of ether oxygens (including phenoxy) is 10. The van der Waals surface area contributed by atoms with Gasteiger partial charge in [-0.3, -0.25) is 9.59 Å². The molecule has 0 aromatic rings. The second-order valence-electron chi connectivity index (χ2n) is 18.0. The average molecular weight is 1060 g/mol. The normalized spacial score (nSPS) is 45.7. The minimum Gasteiger partial charge on any atom is -0.394 e. The predicted octanol–water partition coefficient (Wildman–Crippen LogP) is -13.1. The van der Waals surface area contributed by atoms with Crippen molar-refractivity contribution < 1.29 is 149 Å². The summed E-state index contributed by atoms with van der Waals surface area (Å²) in [6.07, 6.45) is -51.9. The van der Waals surface area contributed by atoms with Crippen LogP contribution in [0.1, 0.15) is 20.8 Å². The lowest BCUT2D eigenvalue weighted by molar-refractivity contribution is -0.389. The number of nitrogens with one attached hydrogen (secondary N) is 2. The molecule has 5 heterocycles. The van der Waals surface area contributed by atoms with Crippen LogP contribution in [0, 0.1) is 0 Å². The molecule has 32 nitrogen and oxygen atoms in total. The molecule has 0 radical (unpaired) electrons. The third-order valence-corrected chi connectivity index (χ3v) is 12.8. The summed E-state index contributed by atoms with van der Waals surface area (Å²) in [6.45, 7) is -3.01. The van der Waals surface area contributed by atoms with Gasteiger partial charge in [-0.2, -0.15) is 0 Å². The number of carbonyl (C=O) groups excluding carboxylic acids is 2. The van der Waals surface area contributed by atoms with Gasteiger partial charge in [-0.1, -0.05) is 0 Å². The first-order valence-electron chi connectivity index (χ1n) is 22.9. The number of amides is 2. The molecule has 2 amide bonds. The fraction of sp³-hybridized carbons (Fsp3) is 0.950. The first-order chi connectivity index (χ1) is 34.0. The molecule has 420 valence electrons. The van der Waals surface area contributed by atoms with Gasteiger partial charge in [-0.15, -0.1) is 0 Å². The molecule has 0 saturated carbocycles. The van der Waals surface area contributed by atoms with E-state index in [4.69, 9.17) is 47.4 Å². The topological polar surface area (TPSA) is 515 Å². The Bertz CT molecular complexity index is 1680. The van der Waals surface area contributed by atoms with Gasteiger partial charge in [0.1, 0.15) is 140 Å². The minimum atomic E-state index is -2.28. The molecule has 5 fully saturated rings. The highest BCUT2D eigenvalue weighted by molar-refractivity contribution is 5.73. The first kappa shape index (κ1) is 60.7. The van der Waals surface area contributed by atoms with E-state index in [1.807, 2.05) is 0 Å². The first-order valence-corrected chi connectivity index (χ1v) is 22.9. The van der Waals surface area contributed by atoms with Crippen LogP contribution in [0.5, 0.6) is 0 Å². The van der Waals surface area contributed by atoms with E-state index in [2.05, 4.69) is 10.6 Å². The molecule has 0 spiro atoms. The van der Waals surface area contributed by atoms with E-state index in [1.54, 1.807) is 0 Å². The number of aliphatic hydroxyl groups excluding tert-OH is 18. The Morgan fingerprint density at radius 2 is 0.875 bits per heavy atom. The molecule has 0 bridgehead atoms. The summed E-state index contributed by atoms with van der Waals surface area (Å²) in [4.78, 5) is 25.4. The monoisotopic (exact) mass is 1060 g/mol. The maximum atomic E-state index is 12.9. The summed E-state index contributed by atoms with van der Waals surface area (Å²) in [5.41, 5.74) is 0. The van der Waals surface area contributed by atoms with Gasteiger partial charge < -0.3 is 150 Å². The van der Waals surface area contributed by atoms with Gasteiger partial charge in [0.25, 0.3) is 0 Å². The van der Waals surface area contributed by atoms with Crippen molar-refractivity contribution in [1.82, 2.24) is 10.6 Å². The number of hydrogen-bond donors (Lipinski definition) is 20. The summed E-state index contributed by atoms with van der Waals surface area (Å²) in [6, 6.07) is -3.61. The van der Waals surface area contributed by atoms with E-state index in [-0.39, 0.29) is 0 Å². The zero-order valence-corrected chi connectivity index (χ0v) is 38.9. The van der Waals surface area contributed by atoms with Crippen LogP contribution in [-0.2, 0) is 57.0 Å². The number of rotatable bonds is 21. The molecule has 72 heavy (non-hydrogen) atoms. The zero-order valence-electron chi connectivity index (χ0n) is 38.9. The van der Waals surface area contributed by atoms with Gasteiger partial charge in [0.05, 0.1) is 45.7 Å². The van der Waals surface area contributed by atoms with E-state index in [0.717, 1.165) is 13.8 Å². The highest BCUT2D eigenvalue weighted by Crippen LogP contribution is 2.37. The lowest BCUT2D eigenvalue weighted by Crippen LogP contribution is -2.71. The Morgan fingerprint density at radius 1 is 0.444 bits per heavy atom. The van der Waals surface area contributed by atoms with Crippen LogP contribution in [0.25, 0.3) is 0 Å². The van der Waals surface area contributed by atoms with Crippen LogP contribution < -0.4 is 10.6 Å². The van der Waals surface area contributed by atoms with Crippen LogP contribution in [-0.4, -0.2) is 321 Å². The van der Waals surface area contributed by atoms with Gasteiger partial charge in [-0.05, 0) is 6.92 Å². The van der Waals surface area contributed by atoms with Crippen LogP contribution in [0.3, 0.4) is 0 Å². The second kappa shape index (κ2) is 26.7. The van der Waals surface area contributed by atoms with Crippen LogP contribution in [0.2, 0.25) is 0 Å². The quantitative estimate of drug-likeness (QED) is 0.0507. The Hall–Kier alpha value is -2.18. The summed E-state index contributed by atoms with van der Waals surface area (Å²) in [7, 11) is 0.